The zero-order valence-electron chi connectivity index (χ0n) is 13.9. The SMILES string of the molecule is COc1ccc(C2CN(C(=O)Nc3ccccc3)C(C)CO2)cc1. The molecule has 1 aliphatic rings. The molecule has 1 N–H and O–H groups in total. The number of rotatable bonds is 3. The van der Waals surface area contributed by atoms with Crippen LogP contribution in [0.2, 0.25) is 0 Å². The Balaban J connectivity index is 1.69. The number of methoxy groups -OCH3 is 1. The molecule has 3 rings (SSSR count). The van der Waals surface area contributed by atoms with Crippen molar-refractivity contribution >= 4 is 11.7 Å². The van der Waals surface area contributed by atoms with Gasteiger partial charge < -0.3 is 19.7 Å². The van der Waals surface area contributed by atoms with Crippen LogP contribution in [0.25, 0.3) is 0 Å². The molecule has 0 aromatic heterocycles. The van der Waals surface area contributed by atoms with Crippen molar-refractivity contribution in [1.82, 2.24) is 4.90 Å². The van der Waals surface area contributed by atoms with Gasteiger partial charge in [0, 0.05) is 5.69 Å². The van der Waals surface area contributed by atoms with Gasteiger partial charge in [0.05, 0.1) is 26.3 Å². The van der Waals surface area contributed by atoms with E-state index in [0.717, 1.165) is 17.0 Å². The Morgan fingerprint density at radius 2 is 1.88 bits per heavy atom. The molecule has 0 bridgehead atoms. The van der Waals surface area contributed by atoms with Gasteiger partial charge in [-0.1, -0.05) is 30.3 Å². The molecule has 126 valence electrons. The van der Waals surface area contributed by atoms with Crippen molar-refractivity contribution < 1.29 is 14.3 Å². The molecule has 5 nitrogen and oxygen atoms in total. The zero-order valence-corrected chi connectivity index (χ0v) is 13.9. The van der Waals surface area contributed by atoms with E-state index in [2.05, 4.69) is 5.32 Å². The third-order valence-corrected chi connectivity index (χ3v) is 4.21. The summed E-state index contributed by atoms with van der Waals surface area (Å²) < 4.78 is 11.1. The van der Waals surface area contributed by atoms with Crippen molar-refractivity contribution in [3.05, 3.63) is 60.2 Å². The summed E-state index contributed by atoms with van der Waals surface area (Å²) in [5, 5.41) is 2.94. The second kappa shape index (κ2) is 7.36. The Morgan fingerprint density at radius 3 is 2.54 bits per heavy atom. The second-order valence-electron chi connectivity index (χ2n) is 5.89. The van der Waals surface area contributed by atoms with Crippen LogP contribution in [-0.2, 0) is 4.74 Å². The number of hydrogen-bond donors (Lipinski definition) is 1. The van der Waals surface area contributed by atoms with Gasteiger partial charge in [0.2, 0.25) is 0 Å². The lowest BCUT2D eigenvalue weighted by molar-refractivity contribution is -0.0407. The van der Waals surface area contributed by atoms with Crippen molar-refractivity contribution in [2.24, 2.45) is 0 Å². The highest BCUT2D eigenvalue weighted by molar-refractivity contribution is 5.89. The fourth-order valence-electron chi connectivity index (χ4n) is 2.78. The molecule has 0 saturated carbocycles. The summed E-state index contributed by atoms with van der Waals surface area (Å²) in [6.45, 7) is 3.03. The number of carbonyl (C=O) groups is 1. The molecule has 1 fully saturated rings. The van der Waals surface area contributed by atoms with Crippen LogP contribution < -0.4 is 10.1 Å². The molecule has 2 amide bonds. The van der Waals surface area contributed by atoms with Gasteiger partial charge in [0.25, 0.3) is 0 Å². The van der Waals surface area contributed by atoms with Crippen molar-refractivity contribution in [2.75, 3.05) is 25.6 Å². The lowest BCUT2D eigenvalue weighted by Crippen LogP contribution is -2.49. The second-order valence-corrected chi connectivity index (χ2v) is 5.89. The Bertz CT molecular complexity index is 673. The fraction of sp³-hybridized carbons (Fsp3) is 0.316. The number of para-hydroxylation sites is 1. The number of benzene rings is 2. The molecule has 0 spiro atoms. The number of nitrogens with zero attached hydrogens (tertiary/aromatic N) is 1. The van der Waals surface area contributed by atoms with E-state index >= 15 is 0 Å². The van der Waals surface area contributed by atoms with Gasteiger partial charge in [-0.2, -0.15) is 0 Å². The van der Waals surface area contributed by atoms with E-state index in [-0.39, 0.29) is 18.2 Å². The number of nitrogens with one attached hydrogen (secondary N) is 1. The summed E-state index contributed by atoms with van der Waals surface area (Å²) in [6, 6.07) is 17.2. The molecule has 0 aliphatic carbocycles. The first-order valence-electron chi connectivity index (χ1n) is 8.05. The molecule has 0 radical (unpaired) electrons. The molecule has 1 aliphatic heterocycles. The summed E-state index contributed by atoms with van der Waals surface area (Å²) in [5.74, 6) is 0.807. The van der Waals surface area contributed by atoms with E-state index in [0.29, 0.717) is 13.2 Å². The topological polar surface area (TPSA) is 50.8 Å². The first-order valence-corrected chi connectivity index (χ1v) is 8.05. The van der Waals surface area contributed by atoms with Gasteiger partial charge >= 0.3 is 6.03 Å². The average molecular weight is 326 g/mol. The Labute approximate surface area is 142 Å². The van der Waals surface area contributed by atoms with Crippen LogP contribution in [0, 0.1) is 0 Å². The first-order chi connectivity index (χ1) is 11.7. The lowest BCUT2D eigenvalue weighted by atomic mass is 10.1. The van der Waals surface area contributed by atoms with Gasteiger partial charge in [-0.15, -0.1) is 0 Å². The van der Waals surface area contributed by atoms with E-state index < -0.39 is 0 Å². The van der Waals surface area contributed by atoms with Gasteiger partial charge in [0.1, 0.15) is 11.9 Å². The van der Waals surface area contributed by atoms with E-state index in [4.69, 9.17) is 9.47 Å². The molecule has 2 aromatic carbocycles. The number of amides is 2. The maximum atomic E-state index is 12.6. The molecule has 2 unspecified atom stereocenters. The lowest BCUT2D eigenvalue weighted by Gasteiger charge is -2.38. The molecular weight excluding hydrogens is 304 g/mol. The van der Waals surface area contributed by atoms with Crippen LogP contribution in [-0.4, -0.2) is 37.2 Å². The highest BCUT2D eigenvalue weighted by Gasteiger charge is 2.30. The molecule has 2 aromatic rings. The summed E-state index contributed by atoms with van der Waals surface area (Å²) in [6.07, 6.45) is -0.131. The summed E-state index contributed by atoms with van der Waals surface area (Å²) in [7, 11) is 1.64. The fourth-order valence-corrected chi connectivity index (χ4v) is 2.78. The van der Waals surface area contributed by atoms with Gasteiger partial charge in [0.15, 0.2) is 0 Å². The van der Waals surface area contributed by atoms with Crippen LogP contribution in [0.15, 0.2) is 54.6 Å². The first kappa shape index (κ1) is 16.3. The molecule has 5 heteroatoms. The molecular formula is C19H22N2O3. The normalized spacial score (nSPS) is 20.5. The molecule has 2 atom stereocenters. The largest absolute Gasteiger partial charge is 0.497 e. The van der Waals surface area contributed by atoms with Crippen LogP contribution in [0.3, 0.4) is 0 Å². The highest BCUT2D eigenvalue weighted by Crippen LogP contribution is 2.27. The maximum Gasteiger partial charge on any atom is 0.322 e. The predicted octanol–water partition coefficient (Wildman–Crippen LogP) is 3.69. The van der Waals surface area contributed by atoms with E-state index in [9.17, 15) is 4.79 Å². The third-order valence-electron chi connectivity index (χ3n) is 4.21. The van der Waals surface area contributed by atoms with E-state index in [1.165, 1.54) is 0 Å². The number of carbonyl (C=O) groups excluding carboxylic acids is 1. The number of anilines is 1. The minimum Gasteiger partial charge on any atom is -0.497 e. The highest BCUT2D eigenvalue weighted by atomic mass is 16.5. The smallest absolute Gasteiger partial charge is 0.322 e. The third kappa shape index (κ3) is 3.68. The Morgan fingerprint density at radius 1 is 1.17 bits per heavy atom. The Kier molecular flexibility index (Phi) is 5.01. The van der Waals surface area contributed by atoms with Crippen LogP contribution in [0.4, 0.5) is 10.5 Å². The number of ether oxygens (including phenoxy) is 2. The zero-order chi connectivity index (χ0) is 16.9. The van der Waals surface area contributed by atoms with Gasteiger partial charge in [-0.25, -0.2) is 4.79 Å². The summed E-state index contributed by atoms with van der Waals surface area (Å²) in [4.78, 5) is 14.4. The minimum atomic E-state index is -0.131. The minimum absolute atomic E-state index is 0.0308. The quantitative estimate of drug-likeness (QED) is 0.936. The van der Waals surface area contributed by atoms with Gasteiger partial charge in [-0.05, 0) is 36.8 Å². The van der Waals surface area contributed by atoms with E-state index in [1.807, 2.05) is 66.4 Å². The molecule has 24 heavy (non-hydrogen) atoms. The summed E-state index contributed by atoms with van der Waals surface area (Å²) >= 11 is 0. The maximum absolute atomic E-state index is 12.6. The molecule has 1 heterocycles. The number of hydrogen-bond acceptors (Lipinski definition) is 3. The van der Waals surface area contributed by atoms with Crippen molar-refractivity contribution in [2.45, 2.75) is 19.1 Å². The predicted molar refractivity (Wildman–Crippen MR) is 93.3 cm³/mol. The van der Waals surface area contributed by atoms with Gasteiger partial charge in [-0.3, -0.25) is 0 Å². The van der Waals surface area contributed by atoms with Crippen LogP contribution in [0.5, 0.6) is 5.75 Å². The average Bonchev–Trinajstić information content (AvgIpc) is 2.63. The van der Waals surface area contributed by atoms with E-state index in [1.54, 1.807) is 7.11 Å². The number of morpholine rings is 1. The monoisotopic (exact) mass is 326 g/mol. The van der Waals surface area contributed by atoms with Crippen LogP contribution >= 0.6 is 0 Å². The van der Waals surface area contributed by atoms with Crippen molar-refractivity contribution in [3.63, 3.8) is 0 Å². The number of urea groups is 1. The van der Waals surface area contributed by atoms with Crippen molar-refractivity contribution in [3.8, 4) is 5.75 Å². The molecule has 1 saturated heterocycles. The Hall–Kier alpha value is -2.53. The van der Waals surface area contributed by atoms with Crippen LogP contribution in [0.1, 0.15) is 18.6 Å². The van der Waals surface area contributed by atoms with Crippen molar-refractivity contribution in [1.29, 1.82) is 0 Å². The summed E-state index contributed by atoms with van der Waals surface area (Å²) in [5.41, 5.74) is 1.84. The standard InChI is InChI=1S/C19H22N2O3/c1-14-13-24-18(15-8-10-17(23-2)11-9-15)12-21(14)19(22)20-16-6-4-3-5-7-16/h3-11,14,18H,12-13H2,1-2H3,(H,20,22).